The highest BCUT2D eigenvalue weighted by Crippen LogP contribution is 2.31. The smallest absolute Gasteiger partial charge is 0.318 e. The first-order valence-corrected chi connectivity index (χ1v) is 9.42. The number of halogens is 1. The first kappa shape index (κ1) is 19.9. The van der Waals surface area contributed by atoms with Crippen molar-refractivity contribution in [3.63, 3.8) is 0 Å². The molecule has 1 aromatic heterocycles. The molecule has 0 saturated carbocycles. The Morgan fingerprint density at radius 2 is 2.07 bits per heavy atom. The summed E-state index contributed by atoms with van der Waals surface area (Å²) < 4.78 is 5.36. The number of ether oxygens (including phenoxy) is 1. The molecule has 3 rings (SSSR count). The summed E-state index contributed by atoms with van der Waals surface area (Å²) in [6.45, 7) is 4.38. The van der Waals surface area contributed by atoms with Gasteiger partial charge in [0.25, 0.3) is 0 Å². The summed E-state index contributed by atoms with van der Waals surface area (Å²) in [5, 5.41) is 4.87. The van der Waals surface area contributed by atoms with Gasteiger partial charge in [-0.25, -0.2) is 9.78 Å². The van der Waals surface area contributed by atoms with E-state index in [-0.39, 0.29) is 22.9 Å². The van der Waals surface area contributed by atoms with Crippen LogP contribution in [0.2, 0.25) is 0 Å². The van der Waals surface area contributed by atoms with Crippen molar-refractivity contribution >= 4 is 34.2 Å². The van der Waals surface area contributed by atoms with Crippen LogP contribution in [0.4, 0.5) is 4.79 Å². The Morgan fingerprint density at radius 3 is 2.71 bits per heavy atom. The van der Waals surface area contributed by atoms with Gasteiger partial charge in [-0.05, 0) is 37.5 Å². The van der Waals surface area contributed by atoms with Crippen molar-refractivity contribution in [1.29, 1.82) is 0 Å². The summed E-state index contributed by atoms with van der Waals surface area (Å²) in [5.41, 5.74) is 0.927. The Hall–Kier alpha value is -2.86. The highest BCUT2D eigenvalue weighted by molar-refractivity contribution is 6.44. The van der Waals surface area contributed by atoms with Crippen molar-refractivity contribution in [2.75, 3.05) is 13.7 Å². The van der Waals surface area contributed by atoms with Gasteiger partial charge in [0.1, 0.15) is 0 Å². The maximum absolute atomic E-state index is 12.9. The molecule has 1 aliphatic rings. The number of methoxy groups -OCH3 is 1. The molecule has 2 amide bonds. The molecule has 0 fully saturated rings. The zero-order valence-electron chi connectivity index (χ0n) is 16.0. The molecule has 0 aliphatic heterocycles. The number of amides is 2. The van der Waals surface area contributed by atoms with E-state index in [0.717, 1.165) is 16.3 Å². The van der Waals surface area contributed by atoms with Crippen LogP contribution in [0.5, 0.6) is 5.88 Å². The second-order valence-corrected chi connectivity index (χ2v) is 6.85. The zero-order valence-corrected chi connectivity index (χ0v) is 16.7. The fourth-order valence-corrected chi connectivity index (χ4v) is 3.53. The van der Waals surface area contributed by atoms with Gasteiger partial charge in [-0.2, -0.15) is 0 Å². The number of urea groups is 1. The molecule has 2 aromatic rings. The van der Waals surface area contributed by atoms with Crippen LogP contribution in [0.15, 0.2) is 53.7 Å². The summed E-state index contributed by atoms with van der Waals surface area (Å²) in [6, 6.07) is 6.92. The summed E-state index contributed by atoms with van der Waals surface area (Å²) in [6.07, 6.45) is 6.27. The minimum Gasteiger partial charge on any atom is -0.481 e. The molecule has 2 unspecified atom stereocenters. The maximum atomic E-state index is 12.9. The third-order valence-corrected chi connectivity index (χ3v) is 5.12. The Bertz CT molecular complexity index is 971. The molecule has 28 heavy (non-hydrogen) atoms. The minimum absolute atomic E-state index is 0.106. The van der Waals surface area contributed by atoms with E-state index in [1.807, 2.05) is 38.1 Å². The van der Waals surface area contributed by atoms with Crippen LogP contribution in [-0.2, 0) is 4.79 Å². The molecule has 0 saturated heterocycles. The fourth-order valence-electron chi connectivity index (χ4n) is 3.33. The highest BCUT2D eigenvalue weighted by atomic mass is 35.5. The van der Waals surface area contributed by atoms with Crippen LogP contribution in [-0.4, -0.2) is 41.4 Å². The largest absolute Gasteiger partial charge is 0.481 e. The molecule has 0 spiro atoms. The van der Waals surface area contributed by atoms with E-state index in [1.54, 1.807) is 24.3 Å². The van der Waals surface area contributed by atoms with Gasteiger partial charge in [-0.15, -0.1) is 0 Å². The van der Waals surface area contributed by atoms with Crippen molar-refractivity contribution in [3.05, 3.63) is 59.3 Å². The van der Waals surface area contributed by atoms with Crippen LogP contribution >= 0.6 is 11.6 Å². The quantitative estimate of drug-likeness (QED) is 0.825. The number of aromatic nitrogens is 1. The van der Waals surface area contributed by atoms with Gasteiger partial charge in [0.05, 0.1) is 24.2 Å². The first-order valence-electron chi connectivity index (χ1n) is 9.04. The molecule has 1 aliphatic carbocycles. The number of hydrogen-bond donors (Lipinski definition) is 1. The van der Waals surface area contributed by atoms with Gasteiger partial charge in [-0.3, -0.25) is 4.79 Å². The lowest BCUT2D eigenvalue weighted by Crippen LogP contribution is -2.45. The van der Waals surface area contributed by atoms with Gasteiger partial charge in [-0.1, -0.05) is 35.9 Å². The van der Waals surface area contributed by atoms with Crippen LogP contribution in [0.3, 0.4) is 0 Å². The molecule has 0 bridgehead atoms. The second-order valence-electron chi connectivity index (χ2n) is 6.44. The van der Waals surface area contributed by atoms with E-state index in [0.29, 0.717) is 12.4 Å². The van der Waals surface area contributed by atoms with Gasteiger partial charge < -0.3 is 15.0 Å². The Kier molecular flexibility index (Phi) is 5.99. The van der Waals surface area contributed by atoms with Crippen molar-refractivity contribution in [1.82, 2.24) is 15.2 Å². The Balaban J connectivity index is 1.87. The predicted molar refractivity (Wildman–Crippen MR) is 109 cm³/mol. The lowest BCUT2D eigenvalue weighted by atomic mass is 10.0. The monoisotopic (exact) mass is 399 g/mol. The lowest BCUT2D eigenvalue weighted by molar-refractivity contribution is -0.110. The Labute approximate surface area is 168 Å². The zero-order chi connectivity index (χ0) is 20.3. The number of nitrogens with zero attached hydrogens (tertiary/aromatic N) is 2. The molecule has 146 valence electrons. The fraction of sp³-hybridized carbons (Fsp3) is 0.286. The summed E-state index contributed by atoms with van der Waals surface area (Å²) >= 11 is 5.89. The molecule has 2 atom stereocenters. The van der Waals surface area contributed by atoms with Crippen LogP contribution in [0.1, 0.15) is 25.5 Å². The average Bonchev–Trinajstić information content (AvgIpc) is 2.70. The number of fused-ring (bicyclic) bond motifs is 1. The van der Waals surface area contributed by atoms with E-state index < -0.39 is 6.04 Å². The van der Waals surface area contributed by atoms with Gasteiger partial charge in [0.15, 0.2) is 5.78 Å². The van der Waals surface area contributed by atoms with E-state index in [1.165, 1.54) is 12.2 Å². The van der Waals surface area contributed by atoms with Crippen LogP contribution in [0, 0.1) is 0 Å². The van der Waals surface area contributed by atoms with Gasteiger partial charge >= 0.3 is 6.03 Å². The SMILES string of the molecule is CCN(C(=O)NC1C=CC(=O)C(Cl)=C1)C(C)c1cnc(OC)c2ccccc12. The van der Waals surface area contributed by atoms with Crippen molar-refractivity contribution < 1.29 is 14.3 Å². The van der Waals surface area contributed by atoms with Crippen molar-refractivity contribution in [2.24, 2.45) is 0 Å². The molecule has 7 heteroatoms. The van der Waals surface area contributed by atoms with E-state index in [4.69, 9.17) is 16.3 Å². The second kappa shape index (κ2) is 8.44. The highest BCUT2D eigenvalue weighted by Gasteiger charge is 2.24. The number of pyridine rings is 1. The van der Waals surface area contributed by atoms with Gasteiger partial charge in [0, 0.05) is 23.7 Å². The van der Waals surface area contributed by atoms with Gasteiger partial charge in [0.2, 0.25) is 5.88 Å². The number of allylic oxidation sites excluding steroid dienone is 2. The Morgan fingerprint density at radius 1 is 1.36 bits per heavy atom. The maximum Gasteiger partial charge on any atom is 0.318 e. The van der Waals surface area contributed by atoms with Crippen LogP contribution in [0.25, 0.3) is 10.8 Å². The minimum atomic E-state index is -0.426. The van der Waals surface area contributed by atoms with Crippen LogP contribution < -0.4 is 10.1 Å². The third-order valence-electron chi connectivity index (χ3n) is 4.81. The molecule has 1 aromatic carbocycles. The summed E-state index contributed by atoms with van der Waals surface area (Å²) in [5.74, 6) is 0.291. The molecule has 1 heterocycles. The number of hydrogen-bond acceptors (Lipinski definition) is 4. The number of carbonyl (C=O) groups is 2. The normalized spacial score (nSPS) is 17.2. The summed E-state index contributed by atoms with van der Waals surface area (Å²) in [7, 11) is 1.59. The molecule has 1 N–H and O–H groups in total. The standard InChI is InChI=1S/C21H22ClN3O3/c1-4-25(21(27)24-14-9-10-19(26)18(22)11-14)13(2)17-12-23-20(28-3)16-8-6-5-7-15(16)17/h5-14H,4H2,1-3H3,(H,24,27). The predicted octanol–water partition coefficient (Wildman–Crippen LogP) is 3.97. The number of rotatable bonds is 5. The van der Waals surface area contributed by atoms with Crippen molar-refractivity contribution in [2.45, 2.75) is 25.9 Å². The van der Waals surface area contributed by atoms with E-state index in [2.05, 4.69) is 10.3 Å². The number of nitrogens with one attached hydrogen (secondary N) is 1. The lowest BCUT2D eigenvalue weighted by Gasteiger charge is -2.30. The van der Waals surface area contributed by atoms with Crippen molar-refractivity contribution in [3.8, 4) is 5.88 Å². The molecular formula is C21H22ClN3O3. The molecule has 6 nitrogen and oxygen atoms in total. The first-order chi connectivity index (χ1) is 13.5. The number of carbonyl (C=O) groups excluding carboxylic acids is 2. The molecule has 0 radical (unpaired) electrons. The molecular weight excluding hydrogens is 378 g/mol. The topological polar surface area (TPSA) is 71.5 Å². The average molecular weight is 400 g/mol. The number of ketones is 1. The number of benzene rings is 1. The summed E-state index contributed by atoms with van der Waals surface area (Å²) in [4.78, 5) is 30.5. The third kappa shape index (κ3) is 3.87. The van der Waals surface area contributed by atoms with E-state index in [9.17, 15) is 9.59 Å². The van der Waals surface area contributed by atoms with E-state index >= 15 is 0 Å².